The van der Waals surface area contributed by atoms with Gasteiger partial charge in [0, 0.05) is 18.1 Å². The van der Waals surface area contributed by atoms with E-state index in [9.17, 15) is 4.79 Å². The first kappa shape index (κ1) is 19.8. The molecule has 2 aromatic carbocycles. The van der Waals surface area contributed by atoms with E-state index >= 15 is 0 Å². The lowest BCUT2D eigenvalue weighted by molar-refractivity contribution is -0.113. The summed E-state index contributed by atoms with van der Waals surface area (Å²) in [5.41, 5.74) is 2.35. The zero-order chi connectivity index (χ0) is 21.8. The summed E-state index contributed by atoms with van der Waals surface area (Å²) < 4.78 is 9.62. The topological polar surface area (TPSA) is 90.8 Å². The molecular formula is C23H18N6O2S. The Morgan fingerprint density at radius 3 is 2.41 bits per heavy atom. The van der Waals surface area contributed by atoms with Crippen molar-refractivity contribution in [2.75, 3.05) is 11.1 Å². The van der Waals surface area contributed by atoms with Gasteiger partial charge in [-0.3, -0.25) is 4.79 Å². The second-order valence-electron chi connectivity index (χ2n) is 6.80. The van der Waals surface area contributed by atoms with Gasteiger partial charge in [0.1, 0.15) is 5.56 Å². The Bertz CT molecular complexity index is 1310. The van der Waals surface area contributed by atoms with E-state index in [2.05, 4.69) is 20.6 Å². The van der Waals surface area contributed by atoms with Gasteiger partial charge in [-0.15, -0.1) is 10.2 Å². The van der Waals surface area contributed by atoms with Crippen LogP contribution in [0.25, 0.3) is 23.0 Å². The molecule has 158 valence electrons. The number of nitrogens with zero attached hydrogens (tertiary/aromatic N) is 5. The lowest BCUT2D eigenvalue weighted by atomic mass is 10.3. The molecule has 5 aromatic rings. The number of nitrogens with one attached hydrogen (secondary N) is 1. The third-order valence-corrected chi connectivity index (χ3v) is 5.43. The van der Waals surface area contributed by atoms with E-state index in [1.165, 1.54) is 11.8 Å². The highest BCUT2D eigenvalue weighted by Crippen LogP contribution is 2.30. The van der Waals surface area contributed by atoms with Crippen LogP contribution in [0.4, 0.5) is 5.69 Å². The number of benzene rings is 2. The van der Waals surface area contributed by atoms with Crippen molar-refractivity contribution in [2.45, 2.75) is 5.22 Å². The van der Waals surface area contributed by atoms with E-state index in [1.54, 1.807) is 6.20 Å². The van der Waals surface area contributed by atoms with E-state index in [4.69, 9.17) is 4.42 Å². The van der Waals surface area contributed by atoms with E-state index in [1.807, 2.05) is 94.4 Å². The molecule has 0 aliphatic heterocycles. The molecule has 0 aliphatic rings. The molecule has 3 aromatic heterocycles. The Balaban J connectivity index is 1.37. The van der Waals surface area contributed by atoms with Crippen molar-refractivity contribution in [2.24, 2.45) is 0 Å². The highest BCUT2D eigenvalue weighted by Gasteiger charge is 2.20. The van der Waals surface area contributed by atoms with Crippen LogP contribution in [0.3, 0.4) is 0 Å². The minimum Gasteiger partial charge on any atom is -0.411 e. The van der Waals surface area contributed by atoms with Crippen LogP contribution >= 0.6 is 11.8 Å². The minimum atomic E-state index is -0.147. The number of carbonyl (C=O) groups is 1. The molecule has 1 amide bonds. The van der Waals surface area contributed by atoms with Gasteiger partial charge in [0.05, 0.1) is 17.6 Å². The van der Waals surface area contributed by atoms with Crippen molar-refractivity contribution in [1.82, 2.24) is 24.5 Å². The van der Waals surface area contributed by atoms with Gasteiger partial charge in [-0.25, -0.2) is 4.68 Å². The highest BCUT2D eigenvalue weighted by atomic mass is 32.2. The van der Waals surface area contributed by atoms with Crippen molar-refractivity contribution >= 4 is 23.4 Å². The minimum absolute atomic E-state index is 0.147. The van der Waals surface area contributed by atoms with Crippen molar-refractivity contribution < 1.29 is 9.21 Å². The van der Waals surface area contributed by atoms with Crippen LogP contribution in [0.15, 0.2) is 101 Å². The summed E-state index contributed by atoms with van der Waals surface area (Å²) >= 11 is 1.18. The zero-order valence-electron chi connectivity index (χ0n) is 16.8. The molecule has 9 heteroatoms. The van der Waals surface area contributed by atoms with Gasteiger partial charge in [0.2, 0.25) is 5.91 Å². The average Bonchev–Trinajstić information content (AvgIpc) is 3.59. The Hall–Kier alpha value is -4.11. The fourth-order valence-corrected chi connectivity index (χ4v) is 3.76. The van der Waals surface area contributed by atoms with Crippen molar-refractivity contribution in [3.8, 4) is 23.0 Å². The molecule has 8 nitrogen and oxygen atoms in total. The zero-order valence-corrected chi connectivity index (χ0v) is 17.6. The first-order valence-corrected chi connectivity index (χ1v) is 10.8. The quantitative estimate of drug-likeness (QED) is 0.375. The summed E-state index contributed by atoms with van der Waals surface area (Å²) in [7, 11) is 0. The van der Waals surface area contributed by atoms with Crippen molar-refractivity contribution in [3.63, 3.8) is 0 Å². The van der Waals surface area contributed by atoms with Gasteiger partial charge in [-0.05, 0) is 36.4 Å². The third kappa shape index (κ3) is 4.19. The smallest absolute Gasteiger partial charge is 0.277 e. The first-order valence-electron chi connectivity index (χ1n) is 9.86. The number of hydrogen-bond donors (Lipinski definition) is 1. The van der Waals surface area contributed by atoms with Crippen LogP contribution in [-0.4, -0.2) is 36.2 Å². The molecule has 0 spiro atoms. The van der Waals surface area contributed by atoms with E-state index in [0.29, 0.717) is 16.7 Å². The van der Waals surface area contributed by atoms with Gasteiger partial charge in [0.25, 0.3) is 11.1 Å². The van der Waals surface area contributed by atoms with Gasteiger partial charge in [-0.1, -0.05) is 48.2 Å². The van der Waals surface area contributed by atoms with Crippen LogP contribution < -0.4 is 5.32 Å². The Morgan fingerprint density at radius 1 is 0.938 bits per heavy atom. The summed E-state index contributed by atoms with van der Waals surface area (Å²) in [6.45, 7) is 0. The van der Waals surface area contributed by atoms with Crippen molar-refractivity contribution in [1.29, 1.82) is 0 Å². The number of aromatic nitrogens is 5. The maximum atomic E-state index is 12.2. The molecule has 0 fully saturated rings. The number of rotatable bonds is 7. The summed E-state index contributed by atoms with van der Waals surface area (Å²) in [6.07, 6.45) is 5.56. The monoisotopic (exact) mass is 442 g/mol. The maximum absolute atomic E-state index is 12.2. The van der Waals surface area contributed by atoms with Crippen LogP contribution in [0, 0.1) is 0 Å². The molecule has 0 bridgehead atoms. The molecule has 32 heavy (non-hydrogen) atoms. The number of para-hydroxylation sites is 2. The summed E-state index contributed by atoms with van der Waals surface area (Å²) in [5.74, 6) is 1.13. The van der Waals surface area contributed by atoms with Gasteiger partial charge in [-0.2, -0.15) is 5.10 Å². The molecule has 0 aliphatic carbocycles. The first-order chi connectivity index (χ1) is 15.8. The molecule has 5 rings (SSSR count). The fraction of sp³-hybridized carbons (Fsp3) is 0.0435. The average molecular weight is 443 g/mol. The molecule has 1 N–H and O–H groups in total. The number of amides is 1. The summed E-state index contributed by atoms with van der Waals surface area (Å²) in [5, 5.41) is 16.0. The lowest BCUT2D eigenvalue weighted by Gasteiger charge is -2.09. The number of anilines is 1. The standard InChI is InChI=1S/C23H18N6O2S/c30-20(25-17-9-3-1-4-10-17)16-32-23-27-26-21(31-23)19-15-24-29(18-11-5-2-6-12-18)22(19)28-13-7-8-14-28/h1-15H,16H2,(H,25,30). The highest BCUT2D eigenvalue weighted by molar-refractivity contribution is 7.99. The van der Waals surface area contributed by atoms with Crippen LogP contribution in [0.2, 0.25) is 0 Å². The Kier molecular flexibility index (Phi) is 5.54. The fourth-order valence-electron chi connectivity index (χ4n) is 3.20. The van der Waals surface area contributed by atoms with E-state index in [0.717, 1.165) is 17.2 Å². The number of thioether (sulfide) groups is 1. The number of hydrogen-bond acceptors (Lipinski definition) is 6. The maximum Gasteiger partial charge on any atom is 0.277 e. The van der Waals surface area contributed by atoms with Gasteiger partial charge in [0.15, 0.2) is 5.82 Å². The van der Waals surface area contributed by atoms with Crippen LogP contribution in [0.1, 0.15) is 0 Å². The second kappa shape index (κ2) is 8.94. The van der Waals surface area contributed by atoms with Crippen molar-refractivity contribution in [3.05, 3.63) is 91.4 Å². The predicted octanol–water partition coefficient (Wildman–Crippen LogP) is 4.44. The molecule has 0 unspecified atom stereocenters. The molecule has 0 radical (unpaired) electrons. The number of carbonyl (C=O) groups excluding carboxylic acids is 1. The van der Waals surface area contributed by atoms with Crippen LogP contribution in [-0.2, 0) is 4.79 Å². The molecular weight excluding hydrogens is 424 g/mol. The normalized spacial score (nSPS) is 10.9. The van der Waals surface area contributed by atoms with E-state index < -0.39 is 0 Å². The molecule has 0 saturated carbocycles. The Labute approximate surface area is 187 Å². The Morgan fingerprint density at radius 2 is 1.66 bits per heavy atom. The lowest BCUT2D eigenvalue weighted by Crippen LogP contribution is -2.13. The summed E-state index contributed by atoms with van der Waals surface area (Å²) in [6, 6.07) is 23.0. The largest absolute Gasteiger partial charge is 0.411 e. The van der Waals surface area contributed by atoms with Crippen LogP contribution in [0.5, 0.6) is 0 Å². The second-order valence-corrected chi connectivity index (χ2v) is 7.72. The molecule has 3 heterocycles. The SMILES string of the molecule is O=C(CSc1nnc(-c2cnn(-c3ccccc3)c2-n2cccc2)o1)Nc1ccccc1. The van der Waals surface area contributed by atoms with E-state index in [-0.39, 0.29) is 11.7 Å². The summed E-state index contributed by atoms with van der Waals surface area (Å²) in [4.78, 5) is 12.2. The van der Waals surface area contributed by atoms with Gasteiger partial charge < -0.3 is 14.3 Å². The molecule has 0 atom stereocenters. The molecule has 0 saturated heterocycles. The predicted molar refractivity (Wildman–Crippen MR) is 122 cm³/mol. The third-order valence-electron chi connectivity index (χ3n) is 4.61. The van der Waals surface area contributed by atoms with Gasteiger partial charge >= 0.3 is 0 Å².